The zero-order chi connectivity index (χ0) is 23.0. The van der Waals surface area contributed by atoms with Gasteiger partial charge >= 0.3 is 6.09 Å². The van der Waals surface area contributed by atoms with Crippen molar-refractivity contribution in [1.82, 2.24) is 14.9 Å². The number of nitrogens with zero attached hydrogens (tertiary/aromatic N) is 4. The van der Waals surface area contributed by atoms with Crippen LogP contribution in [0.25, 0.3) is 5.70 Å². The van der Waals surface area contributed by atoms with Crippen LogP contribution >= 0.6 is 0 Å². The Balaban J connectivity index is 2.25. The Morgan fingerprint density at radius 2 is 2.06 bits per heavy atom. The first-order valence-corrected chi connectivity index (χ1v) is 11.0. The molecular formula is C22H38N6O3. The number of anilines is 1. The van der Waals surface area contributed by atoms with Crippen LogP contribution in [0.3, 0.4) is 0 Å². The van der Waals surface area contributed by atoms with Gasteiger partial charge in [-0.3, -0.25) is 0 Å². The highest BCUT2D eigenvalue weighted by Gasteiger charge is 2.22. The van der Waals surface area contributed by atoms with Gasteiger partial charge in [0, 0.05) is 33.7 Å². The average Bonchev–Trinajstić information content (AvgIpc) is 2.78. The number of amides is 1. The van der Waals surface area contributed by atoms with Crippen molar-refractivity contribution in [2.24, 2.45) is 11.6 Å². The number of rotatable bonds is 9. The van der Waals surface area contributed by atoms with Gasteiger partial charge in [-0.25, -0.2) is 15.6 Å². The van der Waals surface area contributed by atoms with Gasteiger partial charge in [0.1, 0.15) is 6.61 Å². The lowest BCUT2D eigenvalue weighted by Gasteiger charge is -2.35. The summed E-state index contributed by atoms with van der Waals surface area (Å²) in [5.41, 5.74) is 10.00. The molecule has 1 fully saturated rings. The molecule has 1 atom stereocenters. The van der Waals surface area contributed by atoms with Crippen LogP contribution in [0.2, 0.25) is 0 Å². The van der Waals surface area contributed by atoms with E-state index in [4.69, 9.17) is 26.0 Å². The molecule has 31 heavy (non-hydrogen) atoms. The summed E-state index contributed by atoms with van der Waals surface area (Å²) >= 11 is 0. The number of pyridine rings is 1. The van der Waals surface area contributed by atoms with Crippen molar-refractivity contribution in [3.8, 4) is 0 Å². The molecule has 1 unspecified atom stereocenters. The fourth-order valence-corrected chi connectivity index (χ4v) is 3.56. The Labute approximate surface area is 185 Å². The number of carbonyl (C=O) groups is 1. The van der Waals surface area contributed by atoms with Crippen molar-refractivity contribution in [1.29, 1.82) is 0 Å². The molecule has 0 spiro atoms. The van der Waals surface area contributed by atoms with E-state index in [1.165, 1.54) is 9.91 Å². The third kappa shape index (κ3) is 6.48. The minimum atomic E-state index is -0.413. The van der Waals surface area contributed by atoms with E-state index in [0.29, 0.717) is 30.2 Å². The van der Waals surface area contributed by atoms with Crippen molar-refractivity contribution in [2.45, 2.75) is 46.1 Å². The Kier molecular flexibility index (Phi) is 9.39. The molecule has 1 saturated heterocycles. The predicted octanol–water partition coefficient (Wildman–Crippen LogP) is 2.17. The van der Waals surface area contributed by atoms with Crippen LogP contribution in [0.1, 0.15) is 45.0 Å². The molecule has 1 aromatic heterocycles. The molecule has 4 N–H and O–H groups in total. The number of carbonyl (C=O) groups excluding carboxylic acids is 1. The summed E-state index contributed by atoms with van der Waals surface area (Å²) in [4.78, 5) is 20.8. The highest BCUT2D eigenvalue weighted by Crippen LogP contribution is 2.25. The van der Waals surface area contributed by atoms with Crippen LogP contribution in [-0.2, 0) is 15.9 Å². The minimum Gasteiger partial charge on any atom is -0.443 e. The molecule has 2 rings (SSSR count). The summed E-state index contributed by atoms with van der Waals surface area (Å²) in [6, 6.07) is 3.95. The van der Waals surface area contributed by atoms with Crippen LogP contribution in [0, 0.1) is 0 Å². The third-order valence-electron chi connectivity index (χ3n) is 5.44. The summed E-state index contributed by atoms with van der Waals surface area (Å²) in [7, 11) is 3.37. The standard InChI is InChI=1S/C22H38N6O3/c1-6-11-26(4)22(29)31-15-20(27(5)24)21(23)18-9-10-19(17(8-3)25-18)28-12-13-30-16(7-2)14-28/h9-10,16H,6-8,11-15,23-24H2,1-5H3/b21-20-. The zero-order valence-corrected chi connectivity index (χ0v) is 19.6. The zero-order valence-electron chi connectivity index (χ0n) is 19.6. The summed E-state index contributed by atoms with van der Waals surface area (Å²) in [5, 5.41) is 1.37. The molecule has 9 heteroatoms. The smallest absolute Gasteiger partial charge is 0.409 e. The van der Waals surface area contributed by atoms with E-state index in [0.717, 1.165) is 43.7 Å². The van der Waals surface area contributed by atoms with Crippen molar-refractivity contribution >= 4 is 17.5 Å². The van der Waals surface area contributed by atoms with Gasteiger partial charge < -0.3 is 30.0 Å². The number of hydrogen-bond donors (Lipinski definition) is 2. The highest BCUT2D eigenvalue weighted by atomic mass is 16.6. The van der Waals surface area contributed by atoms with Crippen molar-refractivity contribution in [3.05, 3.63) is 29.2 Å². The molecule has 1 amide bonds. The molecule has 0 saturated carbocycles. The number of ether oxygens (including phenoxy) is 2. The van der Waals surface area contributed by atoms with Gasteiger partial charge in [0.2, 0.25) is 0 Å². The molecule has 0 aliphatic carbocycles. The molecule has 0 aromatic carbocycles. The Morgan fingerprint density at radius 3 is 2.68 bits per heavy atom. The maximum Gasteiger partial charge on any atom is 0.409 e. The van der Waals surface area contributed by atoms with Crippen molar-refractivity contribution in [3.63, 3.8) is 0 Å². The molecule has 0 bridgehead atoms. The molecule has 1 aromatic rings. The number of likely N-dealkylation sites (N-methyl/N-ethyl adjacent to an activating group) is 1. The summed E-state index contributed by atoms with van der Waals surface area (Å²) in [6.45, 7) is 9.22. The van der Waals surface area contributed by atoms with Crippen molar-refractivity contribution in [2.75, 3.05) is 51.8 Å². The second kappa shape index (κ2) is 11.8. The Bertz CT molecular complexity index is 768. The second-order valence-electron chi connectivity index (χ2n) is 7.81. The minimum absolute atomic E-state index is 0.0295. The average molecular weight is 435 g/mol. The van der Waals surface area contributed by atoms with Gasteiger partial charge in [-0.15, -0.1) is 0 Å². The third-order valence-corrected chi connectivity index (χ3v) is 5.44. The van der Waals surface area contributed by atoms with Crippen LogP contribution in [0.5, 0.6) is 0 Å². The maximum absolute atomic E-state index is 12.1. The van der Waals surface area contributed by atoms with Crippen LogP contribution in [0.15, 0.2) is 17.8 Å². The van der Waals surface area contributed by atoms with E-state index < -0.39 is 6.09 Å². The quantitative estimate of drug-likeness (QED) is 0.449. The Hall–Kier alpha value is -2.52. The summed E-state index contributed by atoms with van der Waals surface area (Å²) < 4.78 is 11.2. The van der Waals surface area contributed by atoms with Gasteiger partial charge in [-0.05, 0) is 31.4 Å². The maximum atomic E-state index is 12.1. The van der Waals surface area contributed by atoms with Crippen molar-refractivity contribution < 1.29 is 14.3 Å². The molecule has 9 nitrogen and oxygen atoms in total. The monoisotopic (exact) mass is 434 g/mol. The van der Waals surface area contributed by atoms with E-state index >= 15 is 0 Å². The number of aromatic nitrogens is 1. The lowest BCUT2D eigenvalue weighted by Crippen LogP contribution is -2.42. The lowest BCUT2D eigenvalue weighted by atomic mass is 10.1. The van der Waals surface area contributed by atoms with E-state index in [-0.39, 0.29) is 12.7 Å². The van der Waals surface area contributed by atoms with Gasteiger partial charge in [0.25, 0.3) is 0 Å². The van der Waals surface area contributed by atoms with Crippen LogP contribution in [-0.4, -0.2) is 74.0 Å². The molecular weight excluding hydrogens is 396 g/mol. The predicted molar refractivity (Wildman–Crippen MR) is 123 cm³/mol. The number of morpholine rings is 1. The topological polar surface area (TPSA) is 110 Å². The number of hydrazine groups is 1. The van der Waals surface area contributed by atoms with Crippen LogP contribution < -0.4 is 16.5 Å². The largest absolute Gasteiger partial charge is 0.443 e. The lowest BCUT2D eigenvalue weighted by molar-refractivity contribution is 0.0383. The van der Waals surface area contributed by atoms with E-state index in [2.05, 4.69) is 24.8 Å². The first kappa shape index (κ1) is 24.7. The molecule has 1 aliphatic heterocycles. The summed E-state index contributed by atoms with van der Waals surface area (Å²) in [6.07, 6.45) is 2.43. The summed E-state index contributed by atoms with van der Waals surface area (Å²) in [5.74, 6) is 5.98. The number of hydrogen-bond acceptors (Lipinski definition) is 8. The van der Waals surface area contributed by atoms with Gasteiger partial charge in [-0.1, -0.05) is 20.8 Å². The van der Waals surface area contributed by atoms with Gasteiger partial charge in [0.15, 0.2) is 0 Å². The fraction of sp³-hybridized carbons (Fsp3) is 0.636. The van der Waals surface area contributed by atoms with E-state index in [1.54, 1.807) is 14.1 Å². The highest BCUT2D eigenvalue weighted by molar-refractivity contribution is 5.69. The first-order valence-electron chi connectivity index (χ1n) is 11.0. The molecule has 1 aliphatic rings. The molecule has 2 heterocycles. The fourth-order valence-electron chi connectivity index (χ4n) is 3.56. The normalized spacial score (nSPS) is 17.2. The van der Waals surface area contributed by atoms with Gasteiger partial charge in [0.05, 0.1) is 41.2 Å². The first-order chi connectivity index (χ1) is 14.8. The Morgan fingerprint density at radius 1 is 1.32 bits per heavy atom. The van der Waals surface area contributed by atoms with Crippen LogP contribution in [0.4, 0.5) is 10.5 Å². The van der Waals surface area contributed by atoms with E-state index in [9.17, 15) is 4.79 Å². The second-order valence-corrected chi connectivity index (χ2v) is 7.81. The molecule has 174 valence electrons. The number of aryl methyl sites for hydroxylation is 1. The number of nitrogens with two attached hydrogens (primary N) is 2. The molecule has 0 radical (unpaired) electrons. The van der Waals surface area contributed by atoms with Gasteiger partial charge in [-0.2, -0.15) is 0 Å². The van der Waals surface area contributed by atoms with E-state index in [1.807, 2.05) is 13.0 Å². The SMILES string of the molecule is CCCN(C)C(=O)OC/C(=C(/N)c1ccc(N2CCOC(CC)C2)c(CC)n1)N(C)N.